The maximum atomic E-state index is 13.2. The summed E-state index contributed by atoms with van der Waals surface area (Å²) in [6, 6.07) is 11.9. The first-order valence-corrected chi connectivity index (χ1v) is 9.36. The molecule has 0 spiro atoms. The molecule has 0 unspecified atom stereocenters. The summed E-state index contributed by atoms with van der Waals surface area (Å²) in [6.45, 7) is 3.73. The fraction of sp³-hybridized carbons (Fsp3) is 0.286. The predicted molar refractivity (Wildman–Crippen MR) is 105 cm³/mol. The van der Waals surface area contributed by atoms with Crippen LogP contribution in [0.3, 0.4) is 0 Å². The van der Waals surface area contributed by atoms with Gasteiger partial charge < -0.3 is 19.9 Å². The van der Waals surface area contributed by atoms with Crippen molar-refractivity contribution in [3.63, 3.8) is 0 Å². The highest BCUT2D eigenvalue weighted by Crippen LogP contribution is 2.14. The number of benzene rings is 2. The molecule has 1 aliphatic heterocycles. The summed E-state index contributed by atoms with van der Waals surface area (Å²) in [5.74, 6) is -0.991. The van der Waals surface area contributed by atoms with Crippen molar-refractivity contribution in [3.8, 4) is 0 Å². The third-order valence-corrected chi connectivity index (χ3v) is 4.57. The van der Waals surface area contributed by atoms with E-state index >= 15 is 0 Å². The van der Waals surface area contributed by atoms with Gasteiger partial charge in [0.1, 0.15) is 5.82 Å². The molecule has 0 bridgehead atoms. The number of carbonyl (C=O) groups is 3. The van der Waals surface area contributed by atoms with Crippen molar-refractivity contribution in [3.05, 3.63) is 65.5 Å². The summed E-state index contributed by atoms with van der Waals surface area (Å²) in [5, 5.41) is 2.61. The minimum atomic E-state index is -0.438. The van der Waals surface area contributed by atoms with E-state index in [1.165, 1.54) is 18.2 Å². The number of rotatable bonds is 4. The molecule has 0 aromatic heterocycles. The van der Waals surface area contributed by atoms with E-state index in [0.29, 0.717) is 49.6 Å². The second-order valence-corrected chi connectivity index (χ2v) is 6.52. The molecular weight excluding hydrogens is 377 g/mol. The third-order valence-electron chi connectivity index (χ3n) is 4.57. The number of halogens is 1. The lowest BCUT2D eigenvalue weighted by Gasteiger charge is -2.34. The van der Waals surface area contributed by atoms with E-state index in [4.69, 9.17) is 4.74 Å². The number of anilines is 1. The van der Waals surface area contributed by atoms with Crippen molar-refractivity contribution in [2.24, 2.45) is 0 Å². The van der Waals surface area contributed by atoms with Gasteiger partial charge in [0.15, 0.2) is 0 Å². The van der Waals surface area contributed by atoms with Gasteiger partial charge in [0, 0.05) is 43.0 Å². The Kier molecular flexibility index (Phi) is 6.43. The number of hydrogen-bond acceptors (Lipinski definition) is 4. The molecule has 1 aliphatic rings. The minimum Gasteiger partial charge on any atom is -0.450 e. The molecule has 1 fully saturated rings. The standard InChI is InChI=1S/C21H22FN3O4/c1-2-29-21(28)25-12-10-24(11-13-25)20(27)16-8-6-15(7-9-16)19(26)23-18-5-3-4-17(22)14-18/h3-9,14H,2,10-13H2,1H3,(H,23,26). The molecule has 0 radical (unpaired) electrons. The van der Waals surface area contributed by atoms with Crippen LogP contribution in [0, 0.1) is 5.82 Å². The van der Waals surface area contributed by atoms with Crippen molar-refractivity contribution >= 4 is 23.6 Å². The molecule has 29 heavy (non-hydrogen) atoms. The number of amides is 3. The van der Waals surface area contributed by atoms with Crippen molar-refractivity contribution < 1.29 is 23.5 Å². The van der Waals surface area contributed by atoms with Gasteiger partial charge in [-0.1, -0.05) is 6.07 Å². The van der Waals surface area contributed by atoms with E-state index in [-0.39, 0.29) is 12.0 Å². The number of nitrogens with zero attached hydrogens (tertiary/aromatic N) is 2. The van der Waals surface area contributed by atoms with Crippen LogP contribution in [-0.4, -0.2) is 60.5 Å². The van der Waals surface area contributed by atoms with Crippen molar-refractivity contribution in [1.29, 1.82) is 0 Å². The number of nitrogens with one attached hydrogen (secondary N) is 1. The molecule has 2 aromatic carbocycles. The van der Waals surface area contributed by atoms with Gasteiger partial charge in [-0.25, -0.2) is 9.18 Å². The Morgan fingerprint density at radius 3 is 2.21 bits per heavy atom. The molecule has 1 heterocycles. The van der Waals surface area contributed by atoms with Gasteiger partial charge in [-0.15, -0.1) is 0 Å². The Hall–Kier alpha value is -3.42. The van der Waals surface area contributed by atoms with Crippen LogP contribution in [0.1, 0.15) is 27.6 Å². The average Bonchev–Trinajstić information content (AvgIpc) is 2.73. The van der Waals surface area contributed by atoms with Gasteiger partial charge in [0.2, 0.25) is 0 Å². The van der Waals surface area contributed by atoms with Crippen molar-refractivity contribution in [2.75, 3.05) is 38.1 Å². The molecular formula is C21H22FN3O4. The quantitative estimate of drug-likeness (QED) is 0.857. The molecule has 3 amide bonds. The average molecular weight is 399 g/mol. The molecule has 1 saturated heterocycles. The number of carbonyl (C=O) groups excluding carboxylic acids is 3. The lowest BCUT2D eigenvalue weighted by molar-refractivity contribution is 0.0570. The summed E-state index contributed by atoms with van der Waals surface area (Å²) in [6.07, 6.45) is -0.367. The van der Waals surface area contributed by atoms with E-state index in [2.05, 4.69) is 5.32 Å². The predicted octanol–water partition coefficient (Wildman–Crippen LogP) is 2.99. The van der Waals surface area contributed by atoms with Crippen LogP contribution in [0.4, 0.5) is 14.9 Å². The van der Waals surface area contributed by atoms with E-state index in [1.54, 1.807) is 47.1 Å². The van der Waals surface area contributed by atoms with Crippen LogP contribution in [0.2, 0.25) is 0 Å². The Balaban J connectivity index is 1.58. The maximum absolute atomic E-state index is 13.2. The monoisotopic (exact) mass is 399 g/mol. The van der Waals surface area contributed by atoms with Crippen molar-refractivity contribution in [2.45, 2.75) is 6.92 Å². The smallest absolute Gasteiger partial charge is 0.409 e. The lowest BCUT2D eigenvalue weighted by atomic mass is 10.1. The highest BCUT2D eigenvalue weighted by atomic mass is 19.1. The first kappa shape index (κ1) is 20.3. The Bertz CT molecular complexity index is 893. The Labute approximate surface area is 168 Å². The SMILES string of the molecule is CCOC(=O)N1CCN(C(=O)c2ccc(C(=O)Nc3cccc(F)c3)cc2)CC1. The number of piperazine rings is 1. The van der Waals surface area contributed by atoms with Gasteiger partial charge in [0.25, 0.3) is 11.8 Å². The highest BCUT2D eigenvalue weighted by Gasteiger charge is 2.25. The molecule has 0 atom stereocenters. The minimum absolute atomic E-state index is 0.161. The molecule has 0 aliphatic carbocycles. The van der Waals surface area contributed by atoms with Gasteiger partial charge >= 0.3 is 6.09 Å². The van der Waals surface area contributed by atoms with Crippen LogP contribution in [0.15, 0.2) is 48.5 Å². The number of ether oxygens (including phenoxy) is 1. The summed E-state index contributed by atoms with van der Waals surface area (Å²) in [5.41, 5.74) is 1.17. The van der Waals surface area contributed by atoms with Gasteiger partial charge in [-0.05, 0) is 49.4 Å². The molecule has 3 rings (SSSR count). The summed E-state index contributed by atoms with van der Waals surface area (Å²) in [4.78, 5) is 39.9. The highest BCUT2D eigenvalue weighted by molar-refractivity contribution is 6.05. The molecule has 7 nitrogen and oxygen atoms in total. The largest absolute Gasteiger partial charge is 0.450 e. The second-order valence-electron chi connectivity index (χ2n) is 6.52. The van der Waals surface area contributed by atoms with E-state index in [9.17, 15) is 18.8 Å². The Morgan fingerprint density at radius 2 is 1.59 bits per heavy atom. The summed E-state index contributed by atoms with van der Waals surface area (Å²) in [7, 11) is 0. The molecule has 2 aromatic rings. The van der Waals surface area contributed by atoms with E-state index in [0.717, 1.165) is 0 Å². The fourth-order valence-corrected chi connectivity index (χ4v) is 3.02. The van der Waals surface area contributed by atoms with E-state index < -0.39 is 11.7 Å². The van der Waals surface area contributed by atoms with Crippen LogP contribution in [0.5, 0.6) is 0 Å². The van der Waals surface area contributed by atoms with Gasteiger partial charge in [0.05, 0.1) is 6.61 Å². The first-order chi connectivity index (χ1) is 14.0. The summed E-state index contributed by atoms with van der Waals surface area (Å²) >= 11 is 0. The lowest BCUT2D eigenvalue weighted by Crippen LogP contribution is -2.50. The van der Waals surface area contributed by atoms with Crippen LogP contribution >= 0.6 is 0 Å². The van der Waals surface area contributed by atoms with Crippen LogP contribution in [0.25, 0.3) is 0 Å². The fourth-order valence-electron chi connectivity index (χ4n) is 3.02. The molecule has 1 N–H and O–H groups in total. The van der Waals surface area contributed by atoms with Gasteiger partial charge in [-0.2, -0.15) is 0 Å². The zero-order chi connectivity index (χ0) is 20.8. The van der Waals surface area contributed by atoms with Crippen molar-refractivity contribution in [1.82, 2.24) is 9.80 Å². The third kappa shape index (κ3) is 5.10. The normalized spacial score (nSPS) is 13.7. The zero-order valence-corrected chi connectivity index (χ0v) is 16.1. The zero-order valence-electron chi connectivity index (χ0n) is 16.1. The van der Waals surface area contributed by atoms with E-state index in [1.807, 2.05) is 0 Å². The van der Waals surface area contributed by atoms with Crippen LogP contribution < -0.4 is 5.32 Å². The topological polar surface area (TPSA) is 79.0 Å². The number of hydrogen-bond donors (Lipinski definition) is 1. The first-order valence-electron chi connectivity index (χ1n) is 9.36. The molecule has 0 saturated carbocycles. The maximum Gasteiger partial charge on any atom is 0.409 e. The molecule has 8 heteroatoms. The summed E-state index contributed by atoms with van der Waals surface area (Å²) < 4.78 is 18.2. The van der Waals surface area contributed by atoms with Crippen LogP contribution in [-0.2, 0) is 4.74 Å². The Morgan fingerprint density at radius 1 is 0.966 bits per heavy atom. The second kappa shape index (κ2) is 9.18. The molecule has 152 valence electrons. The van der Waals surface area contributed by atoms with Gasteiger partial charge in [-0.3, -0.25) is 9.59 Å².